The summed E-state index contributed by atoms with van der Waals surface area (Å²) in [5.41, 5.74) is 7.50. The number of guanidine groups is 2. The fourth-order valence-corrected chi connectivity index (χ4v) is 1.26. The number of nitrogens with two attached hydrogens (primary N) is 1. The molecule has 16 heavy (non-hydrogen) atoms. The quantitative estimate of drug-likeness (QED) is 0.373. The number of nitrogens with zero attached hydrogens (tertiary/aromatic N) is 1. The van der Waals surface area contributed by atoms with Gasteiger partial charge < -0.3 is 16.0 Å². The highest BCUT2D eigenvalue weighted by Gasteiger charge is 2.05. The summed E-state index contributed by atoms with van der Waals surface area (Å²) in [6, 6.07) is 4.04. The zero-order chi connectivity index (χ0) is 12.1. The Morgan fingerprint density at radius 1 is 1.50 bits per heavy atom. The van der Waals surface area contributed by atoms with Gasteiger partial charge in [0.05, 0.1) is 0 Å². The van der Waals surface area contributed by atoms with Gasteiger partial charge in [0.2, 0.25) is 0 Å². The molecule has 0 spiro atoms. The van der Waals surface area contributed by atoms with Gasteiger partial charge in [0.15, 0.2) is 11.9 Å². The molecule has 6 nitrogen and oxygen atoms in total. The third kappa shape index (κ3) is 3.30. The minimum Gasteiger partial charge on any atom is -0.370 e. The second kappa shape index (κ2) is 5.20. The lowest BCUT2D eigenvalue weighted by molar-refractivity contribution is 0.666. The van der Waals surface area contributed by atoms with E-state index in [4.69, 9.17) is 16.6 Å². The van der Waals surface area contributed by atoms with Gasteiger partial charge in [-0.3, -0.25) is 15.7 Å². The molecule has 6 heteroatoms. The first-order valence-corrected chi connectivity index (χ1v) is 5.05. The van der Waals surface area contributed by atoms with E-state index in [0.717, 1.165) is 17.8 Å². The number of nitrogens with one attached hydrogen (secondary N) is 4. The first-order chi connectivity index (χ1) is 7.50. The van der Waals surface area contributed by atoms with Crippen LogP contribution in [0.2, 0.25) is 0 Å². The number of rotatable bonds is 3. The maximum absolute atomic E-state index is 7.58. The van der Waals surface area contributed by atoms with Crippen LogP contribution >= 0.6 is 0 Å². The standard InChI is InChI=1S/C10H18N6/c1-7-3-4-8(15-7)5-6-14-10(13)16(2)9(11)12/h3-4,15H,5-6H2,1-2H3,(H3,11,12)(H2,13,14). The van der Waals surface area contributed by atoms with E-state index < -0.39 is 0 Å². The topological polar surface area (TPSA) is 105 Å². The molecule has 0 aliphatic heterocycles. The maximum Gasteiger partial charge on any atom is 0.197 e. The van der Waals surface area contributed by atoms with Crippen molar-refractivity contribution in [3.05, 3.63) is 23.5 Å². The van der Waals surface area contributed by atoms with Gasteiger partial charge in [0.1, 0.15) is 0 Å². The summed E-state index contributed by atoms with van der Waals surface area (Å²) in [6.07, 6.45) is 0.808. The zero-order valence-electron chi connectivity index (χ0n) is 9.59. The molecular formula is C10H18N6. The normalized spacial score (nSPS) is 9.88. The van der Waals surface area contributed by atoms with Crippen LogP contribution in [0.5, 0.6) is 0 Å². The summed E-state index contributed by atoms with van der Waals surface area (Å²) >= 11 is 0. The van der Waals surface area contributed by atoms with Crippen molar-refractivity contribution in [1.29, 1.82) is 10.8 Å². The third-order valence-corrected chi connectivity index (χ3v) is 2.28. The second-order valence-corrected chi connectivity index (χ2v) is 3.64. The van der Waals surface area contributed by atoms with Crippen LogP contribution in [0.3, 0.4) is 0 Å². The van der Waals surface area contributed by atoms with Crippen molar-refractivity contribution in [2.45, 2.75) is 13.3 Å². The van der Waals surface area contributed by atoms with E-state index in [-0.39, 0.29) is 11.9 Å². The van der Waals surface area contributed by atoms with Gasteiger partial charge in [0.25, 0.3) is 0 Å². The molecule has 88 valence electrons. The van der Waals surface area contributed by atoms with E-state index in [1.54, 1.807) is 7.05 Å². The molecule has 0 atom stereocenters. The fraction of sp³-hybridized carbons (Fsp3) is 0.400. The lowest BCUT2D eigenvalue weighted by Crippen LogP contribution is -2.45. The van der Waals surface area contributed by atoms with E-state index in [0.29, 0.717) is 6.54 Å². The molecule has 0 aromatic carbocycles. The van der Waals surface area contributed by atoms with E-state index in [9.17, 15) is 0 Å². The Bertz CT molecular complexity index is 380. The largest absolute Gasteiger partial charge is 0.370 e. The Kier molecular flexibility index (Phi) is 3.93. The highest BCUT2D eigenvalue weighted by Crippen LogP contribution is 1.99. The molecule has 0 bridgehead atoms. The van der Waals surface area contributed by atoms with Crippen LogP contribution in [0.1, 0.15) is 11.4 Å². The molecule has 0 saturated carbocycles. The summed E-state index contributed by atoms with van der Waals surface area (Å²) in [7, 11) is 1.58. The molecule has 0 amide bonds. The number of H-pyrrole nitrogens is 1. The lowest BCUT2D eigenvalue weighted by Gasteiger charge is -2.18. The van der Waals surface area contributed by atoms with Crippen molar-refractivity contribution in [3.63, 3.8) is 0 Å². The van der Waals surface area contributed by atoms with Crippen molar-refractivity contribution in [2.75, 3.05) is 13.6 Å². The van der Waals surface area contributed by atoms with Gasteiger partial charge >= 0.3 is 0 Å². The van der Waals surface area contributed by atoms with Gasteiger partial charge in [-0.05, 0) is 19.1 Å². The summed E-state index contributed by atoms with van der Waals surface area (Å²) in [4.78, 5) is 4.49. The monoisotopic (exact) mass is 222 g/mol. The smallest absolute Gasteiger partial charge is 0.197 e. The van der Waals surface area contributed by atoms with Crippen molar-refractivity contribution in [2.24, 2.45) is 5.73 Å². The molecule has 6 N–H and O–H groups in total. The molecule has 1 heterocycles. The summed E-state index contributed by atoms with van der Waals surface area (Å²) in [5.74, 6) is -0.0102. The van der Waals surface area contributed by atoms with E-state index >= 15 is 0 Å². The first-order valence-electron chi connectivity index (χ1n) is 5.05. The Labute approximate surface area is 94.9 Å². The van der Waals surface area contributed by atoms with Crippen molar-refractivity contribution in [3.8, 4) is 0 Å². The molecule has 1 aromatic heterocycles. The number of aryl methyl sites for hydroxylation is 1. The van der Waals surface area contributed by atoms with Gasteiger partial charge in [-0.1, -0.05) is 0 Å². The van der Waals surface area contributed by atoms with Crippen molar-refractivity contribution < 1.29 is 0 Å². The van der Waals surface area contributed by atoms with Gasteiger partial charge in [-0.15, -0.1) is 0 Å². The summed E-state index contributed by atoms with van der Waals surface area (Å²) in [6.45, 7) is 2.64. The van der Waals surface area contributed by atoms with Crippen LogP contribution < -0.4 is 11.1 Å². The molecule has 0 radical (unpaired) electrons. The van der Waals surface area contributed by atoms with Crippen molar-refractivity contribution >= 4 is 11.9 Å². The lowest BCUT2D eigenvalue weighted by atomic mass is 10.3. The van der Waals surface area contributed by atoms with Crippen LogP contribution in [0.4, 0.5) is 0 Å². The predicted octanol–water partition coefficient (Wildman–Crippen LogP) is 0.215. The number of aromatic nitrogens is 1. The molecule has 0 fully saturated rings. The highest BCUT2D eigenvalue weighted by atomic mass is 15.3. The highest BCUT2D eigenvalue weighted by molar-refractivity contribution is 5.94. The van der Waals surface area contributed by atoms with Gasteiger partial charge in [-0.2, -0.15) is 0 Å². The average Bonchev–Trinajstić information content (AvgIpc) is 2.62. The number of hydrogen-bond acceptors (Lipinski definition) is 2. The third-order valence-electron chi connectivity index (χ3n) is 2.28. The molecule has 1 aromatic rings. The Hall–Kier alpha value is -1.98. The first kappa shape index (κ1) is 12.1. The zero-order valence-corrected chi connectivity index (χ0v) is 9.59. The second-order valence-electron chi connectivity index (χ2n) is 3.64. The maximum atomic E-state index is 7.58. The van der Waals surface area contributed by atoms with E-state index in [1.165, 1.54) is 4.90 Å². The predicted molar refractivity (Wildman–Crippen MR) is 64.6 cm³/mol. The molecular weight excluding hydrogens is 204 g/mol. The summed E-state index contributed by atoms with van der Waals surface area (Å²) in [5, 5.41) is 17.6. The van der Waals surface area contributed by atoms with Crippen LogP contribution in [-0.2, 0) is 6.42 Å². The molecule has 0 aliphatic carbocycles. The molecule has 0 aliphatic rings. The molecule has 0 unspecified atom stereocenters. The van der Waals surface area contributed by atoms with Gasteiger partial charge in [0, 0.05) is 31.4 Å². The average molecular weight is 222 g/mol. The van der Waals surface area contributed by atoms with Crippen LogP contribution in [0, 0.1) is 17.7 Å². The minimum atomic E-state index is -0.145. The number of hydrogen-bond donors (Lipinski definition) is 5. The van der Waals surface area contributed by atoms with E-state index in [1.807, 2.05) is 19.1 Å². The SMILES string of the molecule is Cc1ccc(CCNC(=N)N(C)C(=N)N)[nH]1. The van der Waals surface area contributed by atoms with Crippen molar-refractivity contribution in [1.82, 2.24) is 15.2 Å². The Morgan fingerprint density at radius 2 is 2.19 bits per heavy atom. The van der Waals surface area contributed by atoms with E-state index in [2.05, 4.69) is 10.3 Å². The summed E-state index contributed by atoms with van der Waals surface area (Å²) < 4.78 is 0. The molecule has 1 rings (SSSR count). The van der Waals surface area contributed by atoms with Crippen LogP contribution in [0.15, 0.2) is 12.1 Å². The van der Waals surface area contributed by atoms with Gasteiger partial charge in [-0.25, -0.2) is 0 Å². The number of aromatic amines is 1. The Morgan fingerprint density at radius 3 is 2.69 bits per heavy atom. The fourth-order valence-electron chi connectivity index (χ4n) is 1.26. The Balaban J connectivity index is 2.30. The van der Waals surface area contributed by atoms with Crippen LogP contribution in [-0.4, -0.2) is 35.4 Å². The van der Waals surface area contributed by atoms with Crippen LogP contribution in [0.25, 0.3) is 0 Å². The molecule has 0 saturated heterocycles. The minimum absolute atomic E-state index is 0.135.